The standard InChI is InChI=1S/C28H33FN2O2S.C4H8.H3NS/c1-19-23-7-3-4-8-24(23)28(32)31(19)15-5-2-6-16-34-30-27(21-11-12-21)22-13-14-25(29)26(17-22)33-18-20-9-10-20;1-2-4-3-1;1-2/h3-4,7-8,13-14,17,20-21,27,30H,1-2,5-6,9-12,15-16,18H2;1-4H2;2H,1H2. The SMILES string of the molecule is C1CCC1.C=C1c2ccccc2C(=O)N1CCCCCSNC(c1ccc(F)c(OCC2CC2)c1)C1CC1.NS. The molecule has 1 unspecified atom stereocenters. The number of rotatable bonds is 13. The minimum Gasteiger partial charge on any atom is -0.490 e. The second-order valence-electron chi connectivity index (χ2n) is 11.1. The molecule has 3 saturated carbocycles. The molecular weight excluding hydrogens is 542 g/mol. The van der Waals surface area contributed by atoms with Crippen LogP contribution in [0.25, 0.3) is 5.70 Å². The average Bonchev–Trinajstić information content (AvgIpc) is 3.87. The molecule has 3 N–H and O–H groups in total. The van der Waals surface area contributed by atoms with E-state index in [1.54, 1.807) is 18.0 Å². The molecule has 0 spiro atoms. The first kappa shape index (κ1) is 30.9. The Kier molecular flexibility index (Phi) is 12.3. The quantitative estimate of drug-likeness (QED) is 0.126. The molecule has 6 rings (SSSR count). The topological polar surface area (TPSA) is 67.6 Å². The fraction of sp³-hybridized carbons (Fsp3) is 0.531. The smallest absolute Gasteiger partial charge is 0.258 e. The molecule has 1 aliphatic heterocycles. The van der Waals surface area contributed by atoms with Crippen LogP contribution in [0.2, 0.25) is 0 Å². The molecule has 2 aromatic rings. The van der Waals surface area contributed by atoms with Crippen molar-refractivity contribution in [3.63, 3.8) is 0 Å². The average molecular weight is 586 g/mol. The zero-order chi connectivity index (χ0) is 28.3. The number of carbonyl (C=O) groups excluding carboxylic acids is 1. The Morgan fingerprint density at radius 2 is 1.73 bits per heavy atom. The molecule has 0 radical (unpaired) electrons. The zero-order valence-corrected chi connectivity index (χ0v) is 25.2. The lowest BCUT2D eigenvalue weighted by Gasteiger charge is -2.20. The van der Waals surface area contributed by atoms with Crippen molar-refractivity contribution in [1.29, 1.82) is 0 Å². The molecule has 3 aliphatic carbocycles. The summed E-state index contributed by atoms with van der Waals surface area (Å²) in [6, 6.07) is 13.3. The largest absolute Gasteiger partial charge is 0.490 e. The van der Waals surface area contributed by atoms with Crippen LogP contribution in [0.5, 0.6) is 5.75 Å². The van der Waals surface area contributed by atoms with Crippen LogP contribution in [-0.4, -0.2) is 29.7 Å². The maximum Gasteiger partial charge on any atom is 0.258 e. The number of carbonyl (C=O) groups is 1. The molecule has 0 bridgehead atoms. The van der Waals surface area contributed by atoms with Gasteiger partial charge in [-0.3, -0.25) is 14.7 Å². The van der Waals surface area contributed by atoms with Gasteiger partial charge in [-0.25, -0.2) is 4.39 Å². The van der Waals surface area contributed by atoms with Gasteiger partial charge in [0.05, 0.1) is 6.61 Å². The van der Waals surface area contributed by atoms with E-state index in [2.05, 4.69) is 29.3 Å². The number of ether oxygens (including phenoxy) is 1. The molecule has 2 aromatic carbocycles. The van der Waals surface area contributed by atoms with Crippen molar-refractivity contribution in [2.45, 2.75) is 76.7 Å². The summed E-state index contributed by atoms with van der Waals surface area (Å²) in [5.74, 6) is 2.42. The van der Waals surface area contributed by atoms with E-state index in [1.807, 2.05) is 41.3 Å². The number of thiol groups is 1. The summed E-state index contributed by atoms with van der Waals surface area (Å²) in [5.41, 5.74) is 3.66. The van der Waals surface area contributed by atoms with Gasteiger partial charge in [0.15, 0.2) is 11.6 Å². The predicted octanol–water partition coefficient (Wildman–Crippen LogP) is 7.95. The Hall–Kier alpha value is -2.00. The number of hydrogen-bond acceptors (Lipinski definition) is 6. The van der Waals surface area contributed by atoms with E-state index in [9.17, 15) is 9.18 Å². The summed E-state index contributed by atoms with van der Waals surface area (Å²) >= 11 is 4.78. The second-order valence-corrected chi connectivity index (χ2v) is 12.1. The monoisotopic (exact) mass is 585 g/mol. The van der Waals surface area contributed by atoms with Crippen LogP contribution in [0.15, 0.2) is 49.0 Å². The molecule has 8 heteroatoms. The normalized spacial score (nSPS) is 18.1. The van der Waals surface area contributed by atoms with Crippen molar-refractivity contribution in [2.24, 2.45) is 17.0 Å². The molecule has 40 heavy (non-hydrogen) atoms. The summed E-state index contributed by atoms with van der Waals surface area (Å²) in [6.07, 6.45) is 13.9. The number of nitrogens with two attached hydrogens (primary N) is 1. The molecule has 1 atom stereocenters. The van der Waals surface area contributed by atoms with Crippen molar-refractivity contribution >= 4 is 36.4 Å². The number of amides is 1. The van der Waals surface area contributed by atoms with Crippen LogP contribution in [0.1, 0.15) is 98.2 Å². The Labute approximate surface area is 249 Å². The first-order chi connectivity index (χ1) is 19.6. The van der Waals surface area contributed by atoms with Crippen molar-refractivity contribution in [2.75, 3.05) is 18.9 Å². The zero-order valence-electron chi connectivity index (χ0n) is 23.5. The maximum atomic E-state index is 14.2. The third kappa shape index (κ3) is 8.75. The highest BCUT2D eigenvalue weighted by Gasteiger charge is 2.33. The van der Waals surface area contributed by atoms with Gasteiger partial charge in [0.2, 0.25) is 0 Å². The number of unbranched alkanes of at least 4 members (excludes halogenated alkanes) is 2. The van der Waals surface area contributed by atoms with E-state index in [0.717, 1.165) is 47.4 Å². The van der Waals surface area contributed by atoms with Gasteiger partial charge < -0.3 is 9.64 Å². The van der Waals surface area contributed by atoms with Crippen molar-refractivity contribution in [1.82, 2.24) is 9.62 Å². The Balaban J connectivity index is 0.000000556. The van der Waals surface area contributed by atoms with E-state index in [4.69, 9.17) is 4.74 Å². The van der Waals surface area contributed by atoms with Gasteiger partial charge in [0.25, 0.3) is 5.91 Å². The molecule has 1 amide bonds. The summed E-state index contributed by atoms with van der Waals surface area (Å²) in [5, 5.41) is 4.19. The molecule has 0 saturated heterocycles. The third-order valence-electron chi connectivity index (χ3n) is 7.96. The second kappa shape index (κ2) is 15.9. The minimum atomic E-state index is -0.270. The highest BCUT2D eigenvalue weighted by atomic mass is 32.2. The molecule has 4 aliphatic rings. The van der Waals surface area contributed by atoms with Crippen LogP contribution < -0.4 is 14.6 Å². The number of nitrogens with zero attached hydrogens (tertiary/aromatic N) is 1. The van der Waals surface area contributed by atoms with E-state index in [1.165, 1.54) is 51.4 Å². The summed E-state index contributed by atoms with van der Waals surface area (Å²) < 4.78 is 23.6. The van der Waals surface area contributed by atoms with E-state index < -0.39 is 0 Å². The van der Waals surface area contributed by atoms with E-state index in [0.29, 0.717) is 30.7 Å². The van der Waals surface area contributed by atoms with Crippen molar-refractivity contribution < 1.29 is 13.9 Å². The van der Waals surface area contributed by atoms with Crippen molar-refractivity contribution in [3.8, 4) is 5.75 Å². The molecular formula is C32H44FN3O2S2. The molecule has 5 nitrogen and oxygen atoms in total. The number of halogens is 1. The van der Waals surface area contributed by atoms with Crippen LogP contribution in [0.4, 0.5) is 4.39 Å². The number of nitrogens with one attached hydrogen (secondary N) is 1. The molecule has 218 valence electrons. The van der Waals surface area contributed by atoms with Crippen LogP contribution in [-0.2, 0) is 0 Å². The predicted molar refractivity (Wildman–Crippen MR) is 168 cm³/mol. The van der Waals surface area contributed by atoms with Crippen LogP contribution >= 0.6 is 24.8 Å². The van der Waals surface area contributed by atoms with Crippen LogP contribution in [0.3, 0.4) is 0 Å². The summed E-state index contributed by atoms with van der Waals surface area (Å²) in [4.78, 5) is 14.4. The first-order valence-corrected chi connectivity index (χ1v) is 16.3. The third-order valence-corrected chi connectivity index (χ3v) is 8.87. The number of benzene rings is 2. The van der Waals surface area contributed by atoms with Gasteiger partial charge >= 0.3 is 0 Å². The van der Waals surface area contributed by atoms with Gasteiger partial charge in [0.1, 0.15) is 0 Å². The molecule has 1 heterocycles. The van der Waals surface area contributed by atoms with E-state index in [-0.39, 0.29) is 17.8 Å². The lowest BCUT2D eigenvalue weighted by Crippen LogP contribution is -2.24. The molecule has 3 fully saturated rings. The van der Waals surface area contributed by atoms with Crippen molar-refractivity contribution in [3.05, 3.63) is 71.6 Å². The summed E-state index contributed by atoms with van der Waals surface area (Å²) in [7, 11) is 0. The molecule has 0 aromatic heterocycles. The fourth-order valence-electron chi connectivity index (χ4n) is 4.77. The lowest BCUT2D eigenvalue weighted by molar-refractivity contribution is 0.0849. The lowest BCUT2D eigenvalue weighted by atomic mass is 10.0. The van der Waals surface area contributed by atoms with Gasteiger partial charge in [-0.2, -0.15) is 0 Å². The van der Waals surface area contributed by atoms with Crippen LogP contribution in [0, 0.1) is 17.7 Å². The number of fused-ring (bicyclic) bond motifs is 1. The fourth-order valence-corrected chi connectivity index (χ4v) is 5.75. The minimum absolute atomic E-state index is 0.0729. The highest BCUT2D eigenvalue weighted by molar-refractivity contribution is 7.97. The maximum absolute atomic E-state index is 14.2. The van der Waals surface area contributed by atoms with Gasteiger partial charge in [-0.15, -0.1) is 12.8 Å². The van der Waals surface area contributed by atoms with Gasteiger partial charge in [0, 0.05) is 35.2 Å². The Morgan fingerprint density at radius 3 is 2.35 bits per heavy atom. The Bertz CT molecular complexity index is 1080. The summed E-state index contributed by atoms with van der Waals surface area (Å²) in [6.45, 7) is 5.46. The Morgan fingerprint density at radius 1 is 1.02 bits per heavy atom. The highest BCUT2D eigenvalue weighted by Crippen LogP contribution is 2.43. The first-order valence-electron chi connectivity index (χ1n) is 14.8. The van der Waals surface area contributed by atoms with Gasteiger partial charge in [-0.05, 0) is 74.1 Å². The number of hydrogen-bond donors (Lipinski definition) is 3. The van der Waals surface area contributed by atoms with E-state index >= 15 is 0 Å². The van der Waals surface area contributed by atoms with Gasteiger partial charge in [-0.1, -0.05) is 74.9 Å².